The molecule has 12 aromatic rings. The molecule has 3 aromatic heterocycles. The summed E-state index contributed by atoms with van der Waals surface area (Å²) < 4.78 is 7.42. The van der Waals surface area contributed by atoms with Gasteiger partial charge in [0.15, 0.2) is 0 Å². The van der Waals surface area contributed by atoms with Crippen molar-refractivity contribution in [3.05, 3.63) is 200 Å². The third kappa shape index (κ3) is 4.57. The second-order valence-electron chi connectivity index (χ2n) is 14.5. The Balaban J connectivity index is 1.11. The van der Waals surface area contributed by atoms with Gasteiger partial charge in [-0.05, 0) is 102 Å². The molecule has 0 aliphatic carbocycles. The van der Waals surface area contributed by atoms with E-state index in [-0.39, 0.29) is 0 Å². The highest BCUT2D eigenvalue weighted by Crippen LogP contribution is 2.46. The predicted molar refractivity (Wildman–Crippen MR) is 240 cm³/mol. The molecule has 4 heteroatoms. The minimum atomic E-state index is 1.10. The van der Waals surface area contributed by atoms with E-state index >= 15 is 0 Å². The summed E-state index contributed by atoms with van der Waals surface area (Å²) in [6, 6.07) is 73.2. The van der Waals surface area contributed by atoms with Gasteiger partial charge in [0.1, 0.15) is 0 Å². The first-order chi connectivity index (χ1) is 27.8. The lowest BCUT2D eigenvalue weighted by atomic mass is 10.0. The molecule has 0 atom stereocenters. The first-order valence-corrected chi connectivity index (χ1v) is 19.9. The molecule has 0 fully saturated rings. The number of anilines is 3. The topological polar surface area (TPSA) is 13.1 Å². The molecule has 0 unspecified atom stereocenters. The summed E-state index contributed by atoms with van der Waals surface area (Å²) in [5.74, 6) is 0. The molecule has 0 aliphatic heterocycles. The number of hydrogen-bond donors (Lipinski definition) is 0. The van der Waals surface area contributed by atoms with Crippen molar-refractivity contribution in [3.8, 4) is 11.4 Å². The number of fused-ring (bicyclic) bond motifs is 11. The van der Waals surface area contributed by atoms with Crippen molar-refractivity contribution < 1.29 is 0 Å². The molecule has 0 spiro atoms. The molecule has 0 saturated carbocycles. The number of nitrogens with zero attached hydrogens (tertiary/aromatic N) is 3. The van der Waals surface area contributed by atoms with Crippen molar-refractivity contribution in [1.29, 1.82) is 0 Å². The number of hydrogen-bond acceptors (Lipinski definition) is 2. The molecular weight excluding hydrogens is 699 g/mol. The zero-order chi connectivity index (χ0) is 36.7. The summed E-state index contributed by atoms with van der Waals surface area (Å²) in [5.41, 5.74) is 10.4. The molecule has 12 rings (SSSR count). The van der Waals surface area contributed by atoms with Gasteiger partial charge in [-0.15, -0.1) is 11.3 Å². The molecular formula is C52H33N3S. The van der Waals surface area contributed by atoms with Gasteiger partial charge in [-0.1, -0.05) is 109 Å². The zero-order valence-corrected chi connectivity index (χ0v) is 31.1. The summed E-state index contributed by atoms with van der Waals surface area (Å²) in [4.78, 5) is 2.46. The number of aromatic nitrogens is 2. The van der Waals surface area contributed by atoms with Gasteiger partial charge in [0.05, 0.1) is 27.8 Å². The highest BCUT2D eigenvalue weighted by atomic mass is 32.1. The van der Waals surface area contributed by atoms with Gasteiger partial charge < -0.3 is 14.0 Å². The minimum Gasteiger partial charge on any atom is -0.310 e. The maximum absolute atomic E-state index is 2.46. The maximum Gasteiger partial charge on any atom is 0.0562 e. The van der Waals surface area contributed by atoms with Crippen LogP contribution < -0.4 is 4.90 Å². The van der Waals surface area contributed by atoms with Crippen LogP contribution in [0.1, 0.15) is 0 Å². The number of para-hydroxylation sites is 3. The van der Waals surface area contributed by atoms with Crippen LogP contribution in [0.2, 0.25) is 0 Å². The van der Waals surface area contributed by atoms with Crippen LogP contribution in [0.4, 0.5) is 17.1 Å². The Kier molecular flexibility index (Phi) is 6.80. The third-order valence-electron chi connectivity index (χ3n) is 11.5. The van der Waals surface area contributed by atoms with Crippen molar-refractivity contribution in [1.82, 2.24) is 9.13 Å². The van der Waals surface area contributed by atoms with Crippen LogP contribution in [0.25, 0.3) is 85.9 Å². The fourth-order valence-electron chi connectivity index (χ4n) is 9.09. The van der Waals surface area contributed by atoms with Gasteiger partial charge in [-0.2, -0.15) is 0 Å². The normalized spacial score (nSPS) is 11.9. The predicted octanol–water partition coefficient (Wildman–Crippen LogP) is 14.9. The summed E-state index contributed by atoms with van der Waals surface area (Å²) in [5, 5.41) is 10.1. The standard InChI is InChI=1S/C52H33N3S/c1-2-14-35(15-3-1)54-45-21-10-7-19-42(45)52-46(22-12-23-47(52)54)53(38-30-32-50-43(33-38)40-17-8-11-24-49(40)56-50)36-26-28-37(29-27-36)55-44-20-9-6-18-41(44)51-39-16-5-4-13-34(39)25-31-48(51)55/h1-33H. The van der Waals surface area contributed by atoms with Gasteiger partial charge in [-0.3, -0.25) is 0 Å². The quantitative estimate of drug-likeness (QED) is 0.172. The monoisotopic (exact) mass is 731 g/mol. The third-order valence-corrected chi connectivity index (χ3v) is 12.6. The zero-order valence-electron chi connectivity index (χ0n) is 30.3. The van der Waals surface area contributed by atoms with E-state index in [0.29, 0.717) is 0 Å². The fourth-order valence-corrected chi connectivity index (χ4v) is 10.2. The van der Waals surface area contributed by atoms with Gasteiger partial charge >= 0.3 is 0 Å². The lowest BCUT2D eigenvalue weighted by Crippen LogP contribution is -2.10. The van der Waals surface area contributed by atoms with Crippen LogP contribution in [0.3, 0.4) is 0 Å². The summed E-state index contributed by atoms with van der Waals surface area (Å²) >= 11 is 1.86. The Morgan fingerprint density at radius 2 is 0.911 bits per heavy atom. The van der Waals surface area contributed by atoms with Crippen molar-refractivity contribution in [2.75, 3.05) is 4.90 Å². The van der Waals surface area contributed by atoms with Crippen molar-refractivity contribution >= 4 is 103 Å². The SMILES string of the molecule is c1ccc(-n2c3ccccc3c3c(N(c4ccc(-n5c6ccccc6c6c7ccccc7ccc65)cc4)c4ccc5sc6ccccc6c5c4)cccc32)cc1. The Morgan fingerprint density at radius 3 is 1.70 bits per heavy atom. The summed E-state index contributed by atoms with van der Waals surface area (Å²) in [6.45, 7) is 0. The molecule has 3 heterocycles. The molecule has 0 saturated heterocycles. The van der Waals surface area contributed by atoms with Crippen LogP contribution in [-0.4, -0.2) is 9.13 Å². The first kappa shape index (κ1) is 31.2. The molecule has 0 amide bonds. The summed E-state index contributed by atoms with van der Waals surface area (Å²) in [7, 11) is 0. The average molecular weight is 732 g/mol. The van der Waals surface area contributed by atoms with Gasteiger partial charge in [0.25, 0.3) is 0 Å². The highest BCUT2D eigenvalue weighted by molar-refractivity contribution is 7.25. The largest absolute Gasteiger partial charge is 0.310 e. The smallest absolute Gasteiger partial charge is 0.0562 e. The van der Waals surface area contributed by atoms with E-state index in [9.17, 15) is 0 Å². The van der Waals surface area contributed by atoms with E-state index in [1.165, 1.54) is 74.6 Å². The van der Waals surface area contributed by atoms with Crippen LogP contribution >= 0.6 is 11.3 Å². The van der Waals surface area contributed by atoms with Gasteiger partial charge in [0, 0.05) is 64.5 Å². The fraction of sp³-hybridized carbons (Fsp3) is 0. The number of rotatable bonds is 5. The molecule has 56 heavy (non-hydrogen) atoms. The lowest BCUT2D eigenvalue weighted by Gasteiger charge is -2.27. The summed E-state index contributed by atoms with van der Waals surface area (Å²) in [6.07, 6.45) is 0. The van der Waals surface area contributed by atoms with E-state index in [2.05, 4.69) is 214 Å². The Labute approximate surface area is 327 Å². The van der Waals surface area contributed by atoms with Gasteiger partial charge in [-0.25, -0.2) is 0 Å². The lowest BCUT2D eigenvalue weighted by molar-refractivity contribution is 1.17. The van der Waals surface area contributed by atoms with Crippen LogP contribution in [0, 0.1) is 0 Å². The molecule has 0 bridgehead atoms. The average Bonchev–Trinajstić information content (AvgIpc) is 3.92. The number of thiophene rings is 1. The second kappa shape index (κ2) is 12.2. The molecule has 0 aliphatic rings. The molecule has 9 aromatic carbocycles. The van der Waals surface area contributed by atoms with Crippen molar-refractivity contribution in [2.24, 2.45) is 0 Å². The van der Waals surface area contributed by atoms with E-state index in [1.807, 2.05) is 11.3 Å². The van der Waals surface area contributed by atoms with Crippen LogP contribution in [0.15, 0.2) is 200 Å². The second-order valence-corrected chi connectivity index (χ2v) is 15.6. The molecule has 0 N–H and O–H groups in total. The Hall–Kier alpha value is -7.14. The Bertz CT molecular complexity index is 3480. The first-order valence-electron chi connectivity index (χ1n) is 19.1. The van der Waals surface area contributed by atoms with Crippen LogP contribution in [-0.2, 0) is 0 Å². The van der Waals surface area contributed by atoms with E-state index in [1.54, 1.807) is 0 Å². The van der Waals surface area contributed by atoms with E-state index < -0.39 is 0 Å². The molecule has 3 nitrogen and oxygen atoms in total. The number of benzene rings is 9. The Morgan fingerprint density at radius 1 is 0.339 bits per heavy atom. The minimum absolute atomic E-state index is 1.10. The van der Waals surface area contributed by atoms with Crippen LogP contribution in [0.5, 0.6) is 0 Å². The molecule has 262 valence electrons. The van der Waals surface area contributed by atoms with E-state index in [0.717, 1.165) is 28.4 Å². The van der Waals surface area contributed by atoms with E-state index in [4.69, 9.17) is 0 Å². The van der Waals surface area contributed by atoms with Crippen molar-refractivity contribution in [2.45, 2.75) is 0 Å². The molecule has 0 radical (unpaired) electrons. The van der Waals surface area contributed by atoms with Crippen molar-refractivity contribution in [3.63, 3.8) is 0 Å². The maximum atomic E-state index is 2.46. The highest BCUT2D eigenvalue weighted by Gasteiger charge is 2.22. The van der Waals surface area contributed by atoms with Gasteiger partial charge in [0.2, 0.25) is 0 Å².